The Kier molecular flexibility index (Phi) is 2.35. The van der Waals surface area contributed by atoms with E-state index in [0.29, 0.717) is 5.56 Å². The Hall–Kier alpha value is -2.60. The van der Waals surface area contributed by atoms with Crippen molar-refractivity contribution in [3.05, 3.63) is 59.9 Å². The molecule has 18 heavy (non-hydrogen) atoms. The molecular weight excluding hydrogens is 222 g/mol. The highest BCUT2D eigenvalue weighted by molar-refractivity contribution is 5.79. The topological polar surface area (TPSA) is 41.6 Å². The first kappa shape index (κ1) is 10.5. The van der Waals surface area contributed by atoms with E-state index in [1.807, 2.05) is 36.4 Å². The summed E-state index contributed by atoms with van der Waals surface area (Å²) in [5.41, 5.74) is 4.92. The lowest BCUT2D eigenvalue weighted by atomic mass is 10.2. The minimum Gasteiger partial charge on any atom is -0.312 e. The molecule has 0 aliphatic heterocycles. The molecule has 0 amide bonds. The first-order valence-corrected chi connectivity index (χ1v) is 5.73. The lowest BCUT2D eigenvalue weighted by Gasteiger charge is -2.07. The van der Waals surface area contributed by atoms with Crippen LogP contribution < -0.4 is 0 Å². The maximum absolute atomic E-state index is 8.82. The maximum atomic E-state index is 8.82. The highest BCUT2D eigenvalue weighted by Crippen LogP contribution is 2.22. The molecular formula is C15H11N3. The van der Waals surface area contributed by atoms with E-state index in [2.05, 4.69) is 28.6 Å². The second-order valence-corrected chi connectivity index (χ2v) is 4.19. The summed E-state index contributed by atoms with van der Waals surface area (Å²) in [4.78, 5) is 4.35. The zero-order valence-corrected chi connectivity index (χ0v) is 9.96. The minimum absolute atomic E-state index is 0.672. The van der Waals surface area contributed by atoms with E-state index in [0.717, 1.165) is 22.4 Å². The van der Waals surface area contributed by atoms with Crippen molar-refractivity contribution in [3.63, 3.8) is 0 Å². The zero-order chi connectivity index (χ0) is 12.5. The number of nitriles is 1. The van der Waals surface area contributed by atoms with Crippen molar-refractivity contribution in [2.75, 3.05) is 0 Å². The third-order valence-electron chi connectivity index (χ3n) is 3.01. The third-order valence-corrected chi connectivity index (χ3v) is 3.01. The predicted molar refractivity (Wildman–Crippen MR) is 70.5 cm³/mol. The number of aryl methyl sites for hydroxylation is 1. The van der Waals surface area contributed by atoms with Crippen LogP contribution in [0.3, 0.4) is 0 Å². The van der Waals surface area contributed by atoms with Crippen molar-refractivity contribution < 1.29 is 0 Å². The van der Waals surface area contributed by atoms with Gasteiger partial charge in [0.2, 0.25) is 0 Å². The Bertz CT molecular complexity index is 745. The minimum atomic E-state index is 0.672. The predicted octanol–water partition coefficient (Wildman–Crippen LogP) is 3.21. The standard InChI is InChI=1S/C15H11N3/c1-11-9-14-15(3-2-8-17-14)18(11)13-6-4-12(10-16)5-7-13/h2-9H,1H3. The van der Waals surface area contributed by atoms with Gasteiger partial charge in [0.25, 0.3) is 0 Å². The van der Waals surface area contributed by atoms with Gasteiger partial charge in [-0.1, -0.05) is 0 Å². The Morgan fingerprint density at radius 2 is 1.94 bits per heavy atom. The summed E-state index contributed by atoms with van der Waals surface area (Å²) in [6.45, 7) is 2.06. The van der Waals surface area contributed by atoms with Gasteiger partial charge in [-0.2, -0.15) is 5.26 Å². The van der Waals surface area contributed by atoms with Gasteiger partial charge in [-0.15, -0.1) is 0 Å². The molecule has 0 fully saturated rings. The van der Waals surface area contributed by atoms with Crippen molar-refractivity contribution in [1.29, 1.82) is 5.26 Å². The molecule has 2 aromatic heterocycles. The molecule has 0 aliphatic carbocycles. The van der Waals surface area contributed by atoms with E-state index in [9.17, 15) is 0 Å². The fourth-order valence-electron chi connectivity index (χ4n) is 2.19. The maximum Gasteiger partial charge on any atom is 0.0991 e. The van der Waals surface area contributed by atoms with Gasteiger partial charge in [0.1, 0.15) is 0 Å². The molecule has 3 nitrogen and oxygen atoms in total. The number of nitrogens with zero attached hydrogens (tertiary/aromatic N) is 3. The molecule has 3 rings (SSSR count). The molecule has 0 aliphatic rings. The number of rotatable bonds is 1. The first-order valence-electron chi connectivity index (χ1n) is 5.73. The lowest BCUT2D eigenvalue weighted by molar-refractivity contribution is 1.05. The molecule has 0 saturated carbocycles. The van der Waals surface area contributed by atoms with Gasteiger partial charge >= 0.3 is 0 Å². The number of fused-ring (bicyclic) bond motifs is 1. The first-order chi connectivity index (χ1) is 8.79. The van der Waals surface area contributed by atoms with Crippen molar-refractivity contribution in [2.45, 2.75) is 6.92 Å². The van der Waals surface area contributed by atoms with E-state index in [4.69, 9.17) is 5.26 Å². The fourth-order valence-corrected chi connectivity index (χ4v) is 2.19. The fraction of sp³-hybridized carbons (Fsp3) is 0.0667. The van der Waals surface area contributed by atoms with E-state index >= 15 is 0 Å². The van der Waals surface area contributed by atoms with Gasteiger partial charge in [-0.25, -0.2) is 0 Å². The molecule has 3 heteroatoms. The van der Waals surface area contributed by atoms with Crippen molar-refractivity contribution in [3.8, 4) is 11.8 Å². The van der Waals surface area contributed by atoms with Crippen LogP contribution in [0.25, 0.3) is 16.7 Å². The number of hydrogen-bond acceptors (Lipinski definition) is 2. The highest BCUT2D eigenvalue weighted by atomic mass is 15.0. The van der Waals surface area contributed by atoms with Crippen molar-refractivity contribution in [2.24, 2.45) is 0 Å². The Morgan fingerprint density at radius 1 is 1.17 bits per heavy atom. The summed E-state index contributed by atoms with van der Waals surface area (Å²) < 4.78 is 2.14. The van der Waals surface area contributed by atoms with E-state index < -0.39 is 0 Å². The average molecular weight is 233 g/mol. The van der Waals surface area contributed by atoms with E-state index in [-0.39, 0.29) is 0 Å². The molecule has 0 radical (unpaired) electrons. The SMILES string of the molecule is Cc1cc2ncccc2n1-c1ccc(C#N)cc1. The summed E-state index contributed by atoms with van der Waals surface area (Å²) in [5.74, 6) is 0. The van der Waals surface area contributed by atoms with Gasteiger partial charge < -0.3 is 4.57 Å². The largest absolute Gasteiger partial charge is 0.312 e. The Labute approximate surface area is 105 Å². The number of hydrogen-bond donors (Lipinski definition) is 0. The molecule has 3 aromatic rings. The van der Waals surface area contributed by atoms with Gasteiger partial charge in [0.15, 0.2) is 0 Å². The summed E-state index contributed by atoms with van der Waals surface area (Å²) in [6.07, 6.45) is 1.80. The highest BCUT2D eigenvalue weighted by Gasteiger charge is 2.07. The van der Waals surface area contributed by atoms with Crippen LogP contribution in [0.4, 0.5) is 0 Å². The Morgan fingerprint density at radius 3 is 2.67 bits per heavy atom. The number of benzene rings is 1. The third kappa shape index (κ3) is 1.56. The second-order valence-electron chi connectivity index (χ2n) is 4.19. The quantitative estimate of drug-likeness (QED) is 0.647. The monoisotopic (exact) mass is 233 g/mol. The van der Waals surface area contributed by atoms with Crippen LogP contribution in [-0.2, 0) is 0 Å². The van der Waals surface area contributed by atoms with Gasteiger partial charge in [-0.05, 0) is 49.4 Å². The van der Waals surface area contributed by atoms with Crippen molar-refractivity contribution in [1.82, 2.24) is 9.55 Å². The van der Waals surface area contributed by atoms with Gasteiger partial charge in [-0.3, -0.25) is 4.98 Å². The number of aromatic nitrogens is 2. The lowest BCUT2D eigenvalue weighted by Crippen LogP contribution is -1.95. The summed E-state index contributed by atoms with van der Waals surface area (Å²) >= 11 is 0. The molecule has 2 heterocycles. The van der Waals surface area contributed by atoms with Crippen LogP contribution >= 0.6 is 0 Å². The molecule has 0 saturated heterocycles. The molecule has 0 bridgehead atoms. The van der Waals surface area contributed by atoms with Crippen LogP contribution in [0, 0.1) is 18.3 Å². The molecule has 0 unspecified atom stereocenters. The van der Waals surface area contributed by atoms with E-state index in [1.165, 1.54) is 0 Å². The smallest absolute Gasteiger partial charge is 0.0991 e. The Balaban J connectivity index is 2.24. The second kappa shape index (κ2) is 4.01. The summed E-state index contributed by atoms with van der Waals surface area (Å²) in [6, 6.07) is 15.7. The summed E-state index contributed by atoms with van der Waals surface area (Å²) in [7, 11) is 0. The normalized spacial score (nSPS) is 10.4. The van der Waals surface area contributed by atoms with Crippen LogP contribution in [0.15, 0.2) is 48.7 Å². The van der Waals surface area contributed by atoms with Crippen LogP contribution in [0.1, 0.15) is 11.3 Å². The molecule has 0 N–H and O–H groups in total. The summed E-state index contributed by atoms with van der Waals surface area (Å²) in [5, 5.41) is 8.82. The van der Waals surface area contributed by atoms with Crippen LogP contribution in [-0.4, -0.2) is 9.55 Å². The van der Waals surface area contributed by atoms with Crippen LogP contribution in [0.2, 0.25) is 0 Å². The van der Waals surface area contributed by atoms with E-state index in [1.54, 1.807) is 6.20 Å². The van der Waals surface area contributed by atoms with Crippen molar-refractivity contribution >= 4 is 11.0 Å². The molecule has 1 aromatic carbocycles. The van der Waals surface area contributed by atoms with Gasteiger partial charge in [0, 0.05) is 17.6 Å². The number of pyridine rings is 1. The van der Waals surface area contributed by atoms with Gasteiger partial charge in [0.05, 0.1) is 22.7 Å². The molecule has 0 atom stereocenters. The average Bonchev–Trinajstić information content (AvgIpc) is 2.75. The molecule has 0 spiro atoms. The zero-order valence-electron chi connectivity index (χ0n) is 9.96. The van der Waals surface area contributed by atoms with Crippen LogP contribution in [0.5, 0.6) is 0 Å². The molecule has 86 valence electrons.